The molecule has 300 valence electrons. The number of unbranched alkanes of at least 4 members (excludes halogenated alkanes) is 18. The molecule has 0 aromatic rings. The molecule has 2 fully saturated rings. The second-order valence-corrected chi connectivity index (χ2v) is 16.5. The normalized spacial score (nSPS) is 20.2. The van der Waals surface area contributed by atoms with E-state index in [4.69, 9.17) is 9.47 Å². The first-order valence-corrected chi connectivity index (χ1v) is 22.6. The zero-order valence-corrected chi connectivity index (χ0v) is 34.9. The summed E-state index contributed by atoms with van der Waals surface area (Å²) in [6.07, 6.45) is 55.1. The molecule has 0 aromatic heterocycles. The Kier molecular flexibility index (Phi) is 28.6. The Morgan fingerprint density at radius 2 is 0.942 bits per heavy atom. The van der Waals surface area contributed by atoms with Crippen molar-refractivity contribution in [3.8, 4) is 0 Å². The molecule has 3 atom stereocenters. The number of hydrogen-bond donors (Lipinski definition) is 0. The number of carbonyl (C=O) groups excluding carboxylic acids is 1. The quantitative estimate of drug-likeness (QED) is 0.0482. The SMILES string of the molecule is CCCCC/C=C\C/C=C\CCCCCCCCC1(CCCCCCCC/C=C\C/C=C\CCCCC)O[C@H]2C[C@H](CC(=O)CCN(C)C)C[C@H]2O1. The van der Waals surface area contributed by atoms with E-state index in [1.807, 2.05) is 14.1 Å². The van der Waals surface area contributed by atoms with Crippen molar-refractivity contribution in [2.45, 2.75) is 224 Å². The van der Waals surface area contributed by atoms with Crippen LogP contribution in [0.2, 0.25) is 0 Å². The maximum atomic E-state index is 12.6. The van der Waals surface area contributed by atoms with E-state index < -0.39 is 0 Å². The van der Waals surface area contributed by atoms with Gasteiger partial charge in [-0.2, -0.15) is 0 Å². The summed E-state index contributed by atoms with van der Waals surface area (Å²) in [6.45, 7) is 5.38. The topological polar surface area (TPSA) is 38.8 Å². The number of carbonyl (C=O) groups is 1. The Balaban J connectivity index is 1.64. The average molecular weight is 724 g/mol. The van der Waals surface area contributed by atoms with Gasteiger partial charge >= 0.3 is 0 Å². The maximum absolute atomic E-state index is 12.6. The van der Waals surface area contributed by atoms with E-state index in [0.717, 1.165) is 45.1 Å². The van der Waals surface area contributed by atoms with Crippen molar-refractivity contribution < 1.29 is 14.3 Å². The van der Waals surface area contributed by atoms with Crippen molar-refractivity contribution >= 4 is 5.78 Å². The summed E-state index contributed by atoms with van der Waals surface area (Å²) in [4.78, 5) is 14.7. The molecule has 0 N–H and O–H groups in total. The van der Waals surface area contributed by atoms with Gasteiger partial charge in [-0.1, -0.05) is 140 Å². The number of fused-ring (bicyclic) bond motifs is 1. The zero-order valence-electron chi connectivity index (χ0n) is 34.9. The number of hydrogen-bond acceptors (Lipinski definition) is 4. The molecular weight excluding hydrogens is 639 g/mol. The van der Waals surface area contributed by atoms with Crippen molar-refractivity contribution in [1.29, 1.82) is 0 Å². The first kappa shape index (κ1) is 46.7. The second-order valence-electron chi connectivity index (χ2n) is 16.5. The molecule has 1 saturated heterocycles. The van der Waals surface area contributed by atoms with Crippen LogP contribution in [0.1, 0.15) is 206 Å². The highest BCUT2D eigenvalue weighted by Gasteiger charge is 2.51. The summed E-state index contributed by atoms with van der Waals surface area (Å²) >= 11 is 0. The van der Waals surface area contributed by atoms with Gasteiger partial charge in [0.05, 0.1) is 12.2 Å². The fourth-order valence-electron chi connectivity index (χ4n) is 7.95. The molecule has 2 aliphatic rings. The van der Waals surface area contributed by atoms with Gasteiger partial charge in [-0.3, -0.25) is 4.79 Å². The van der Waals surface area contributed by atoms with Crippen molar-refractivity contribution in [3.63, 3.8) is 0 Å². The minimum atomic E-state index is -0.389. The largest absolute Gasteiger partial charge is 0.344 e. The molecular formula is C48H85NO3. The molecule has 0 spiro atoms. The van der Waals surface area contributed by atoms with Gasteiger partial charge in [0.2, 0.25) is 0 Å². The van der Waals surface area contributed by atoms with Crippen LogP contribution in [-0.2, 0) is 14.3 Å². The van der Waals surface area contributed by atoms with Gasteiger partial charge in [0.1, 0.15) is 5.78 Å². The summed E-state index contributed by atoms with van der Waals surface area (Å²) in [6, 6.07) is 0. The lowest BCUT2D eigenvalue weighted by molar-refractivity contribution is -0.193. The van der Waals surface area contributed by atoms with E-state index in [9.17, 15) is 4.79 Å². The van der Waals surface area contributed by atoms with E-state index in [2.05, 4.69) is 67.4 Å². The number of rotatable bonds is 35. The molecule has 1 saturated carbocycles. The fraction of sp³-hybridized carbons (Fsp3) is 0.812. The Hall–Kier alpha value is -1.49. The Morgan fingerprint density at radius 3 is 1.35 bits per heavy atom. The average Bonchev–Trinajstić information content (AvgIpc) is 3.65. The molecule has 52 heavy (non-hydrogen) atoms. The Bertz CT molecular complexity index is 901. The van der Waals surface area contributed by atoms with Gasteiger partial charge in [-0.15, -0.1) is 0 Å². The van der Waals surface area contributed by atoms with Crippen molar-refractivity contribution in [3.05, 3.63) is 48.6 Å². The molecule has 2 rings (SSSR count). The highest BCUT2D eigenvalue weighted by Crippen LogP contribution is 2.46. The third-order valence-electron chi connectivity index (χ3n) is 11.1. The van der Waals surface area contributed by atoms with Crippen LogP contribution in [0.4, 0.5) is 0 Å². The van der Waals surface area contributed by atoms with Crippen LogP contribution in [-0.4, -0.2) is 49.3 Å². The third-order valence-corrected chi connectivity index (χ3v) is 11.1. The number of Topliss-reactive ketones (excluding diaryl/α,β-unsaturated/α-hetero) is 1. The smallest absolute Gasteiger partial charge is 0.169 e. The van der Waals surface area contributed by atoms with Crippen LogP contribution in [0.3, 0.4) is 0 Å². The summed E-state index contributed by atoms with van der Waals surface area (Å²) in [5.74, 6) is 0.429. The highest BCUT2D eigenvalue weighted by atomic mass is 16.8. The molecule has 1 heterocycles. The van der Waals surface area contributed by atoms with E-state index in [1.54, 1.807) is 0 Å². The van der Waals surface area contributed by atoms with Crippen LogP contribution in [0.5, 0.6) is 0 Å². The lowest BCUT2D eigenvalue weighted by Crippen LogP contribution is -2.32. The standard InChI is InChI=1S/C48H85NO3/c1-5-7-9-11-13-15-17-19-21-23-25-27-29-31-33-35-38-48(51-46-42-44(43-47(46)52-48)41-45(50)37-40-49(3)4)39-36-34-32-30-28-26-24-22-20-18-16-14-12-10-8-6-2/h13-16,19-22,44,46-47H,5-12,17-18,23-43H2,1-4H3/b15-13-,16-14-,21-19-,22-20-/t44-,46-,47+. The summed E-state index contributed by atoms with van der Waals surface area (Å²) in [5.41, 5.74) is 0. The van der Waals surface area contributed by atoms with Crippen molar-refractivity contribution in [2.75, 3.05) is 20.6 Å². The van der Waals surface area contributed by atoms with Crippen LogP contribution in [0.15, 0.2) is 48.6 Å². The molecule has 0 aromatic carbocycles. The van der Waals surface area contributed by atoms with Gasteiger partial charge in [-0.25, -0.2) is 0 Å². The van der Waals surface area contributed by atoms with Gasteiger partial charge in [0.25, 0.3) is 0 Å². The first-order valence-electron chi connectivity index (χ1n) is 22.6. The van der Waals surface area contributed by atoms with E-state index >= 15 is 0 Å². The van der Waals surface area contributed by atoms with Crippen LogP contribution in [0, 0.1) is 5.92 Å². The molecule has 0 unspecified atom stereocenters. The Labute approximate surface area is 323 Å². The predicted molar refractivity (Wildman–Crippen MR) is 226 cm³/mol. The summed E-state index contributed by atoms with van der Waals surface area (Å²) in [5, 5.41) is 0. The van der Waals surface area contributed by atoms with Crippen molar-refractivity contribution in [2.24, 2.45) is 5.92 Å². The molecule has 0 radical (unpaired) electrons. The number of ether oxygens (including phenoxy) is 2. The van der Waals surface area contributed by atoms with Crippen LogP contribution in [0.25, 0.3) is 0 Å². The number of ketones is 1. The maximum Gasteiger partial charge on any atom is 0.169 e. The monoisotopic (exact) mass is 724 g/mol. The minimum Gasteiger partial charge on any atom is -0.344 e. The lowest BCUT2D eigenvalue weighted by atomic mass is 9.97. The van der Waals surface area contributed by atoms with Gasteiger partial charge in [-0.05, 0) is 110 Å². The summed E-state index contributed by atoms with van der Waals surface area (Å²) in [7, 11) is 4.08. The van der Waals surface area contributed by atoms with Gasteiger partial charge in [0, 0.05) is 32.2 Å². The molecule has 1 aliphatic carbocycles. The van der Waals surface area contributed by atoms with E-state index in [-0.39, 0.29) is 18.0 Å². The van der Waals surface area contributed by atoms with Gasteiger partial charge < -0.3 is 14.4 Å². The number of nitrogens with zero attached hydrogens (tertiary/aromatic N) is 1. The molecule has 1 aliphatic heterocycles. The van der Waals surface area contributed by atoms with Crippen LogP contribution < -0.4 is 0 Å². The molecule has 0 amide bonds. The molecule has 4 nitrogen and oxygen atoms in total. The second kappa shape index (κ2) is 31.8. The molecule has 4 heteroatoms. The predicted octanol–water partition coefficient (Wildman–Crippen LogP) is 14.2. The summed E-state index contributed by atoms with van der Waals surface area (Å²) < 4.78 is 13.7. The van der Waals surface area contributed by atoms with E-state index in [1.165, 1.54) is 141 Å². The highest BCUT2D eigenvalue weighted by molar-refractivity contribution is 5.78. The van der Waals surface area contributed by atoms with Crippen molar-refractivity contribution in [1.82, 2.24) is 4.90 Å². The fourth-order valence-corrected chi connectivity index (χ4v) is 7.95. The number of allylic oxidation sites excluding steroid dienone is 8. The first-order chi connectivity index (χ1) is 25.5. The molecule has 0 bridgehead atoms. The van der Waals surface area contributed by atoms with Gasteiger partial charge in [0.15, 0.2) is 5.79 Å². The third kappa shape index (κ3) is 24.0. The Morgan fingerprint density at radius 1 is 0.558 bits per heavy atom. The minimum absolute atomic E-state index is 0.181. The van der Waals surface area contributed by atoms with E-state index in [0.29, 0.717) is 24.5 Å². The zero-order chi connectivity index (χ0) is 37.4. The van der Waals surface area contributed by atoms with Crippen LogP contribution >= 0.6 is 0 Å². The lowest BCUT2D eigenvalue weighted by Gasteiger charge is -2.30.